The fraction of sp³-hybridized carbons (Fsp3) is 0. The molecule has 5 nitrogen and oxygen atoms in total. The number of aromatic hydroxyl groups is 1. The third-order valence-electron chi connectivity index (χ3n) is 1.83. The Kier molecular flexibility index (Phi) is 2.13. The van der Waals surface area contributed by atoms with Crippen molar-refractivity contribution in [3.8, 4) is 17.2 Å². The van der Waals surface area contributed by atoms with Gasteiger partial charge >= 0.3 is 5.97 Å². The minimum Gasteiger partial charge on any atom is -0.508 e. The Morgan fingerprint density at radius 2 is 1.93 bits per heavy atom. The van der Waals surface area contributed by atoms with Gasteiger partial charge in [0.05, 0.1) is 6.20 Å². The molecule has 0 aliphatic rings. The van der Waals surface area contributed by atoms with Gasteiger partial charge in [0, 0.05) is 5.56 Å². The topological polar surface area (TPSA) is 83.6 Å². The van der Waals surface area contributed by atoms with E-state index in [2.05, 4.69) is 4.98 Å². The van der Waals surface area contributed by atoms with Crippen molar-refractivity contribution in [1.82, 2.24) is 4.98 Å². The molecule has 0 saturated carbocycles. The standard InChI is InChI=1S/C10H7NO4/c12-7-3-1-6(2-4-7)9-11-5-8(15-9)10(13)14/h1-5,12H,(H,13,14). The largest absolute Gasteiger partial charge is 0.508 e. The zero-order chi connectivity index (χ0) is 10.8. The summed E-state index contributed by atoms with van der Waals surface area (Å²) in [6.45, 7) is 0. The third-order valence-corrected chi connectivity index (χ3v) is 1.83. The number of aromatic nitrogens is 1. The van der Waals surface area contributed by atoms with Crippen molar-refractivity contribution in [3.05, 3.63) is 36.2 Å². The van der Waals surface area contributed by atoms with E-state index in [0.717, 1.165) is 6.20 Å². The number of hydrogen-bond donors (Lipinski definition) is 2. The number of rotatable bonds is 2. The van der Waals surface area contributed by atoms with Gasteiger partial charge in [0.2, 0.25) is 11.7 Å². The summed E-state index contributed by atoms with van der Waals surface area (Å²) < 4.78 is 4.98. The zero-order valence-electron chi connectivity index (χ0n) is 7.54. The summed E-state index contributed by atoms with van der Waals surface area (Å²) in [7, 11) is 0. The highest BCUT2D eigenvalue weighted by Gasteiger charge is 2.11. The molecular weight excluding hydrogens is 198 g/mol. The van der Waals surface area contributed by atoms with Crippen LogP contribution < -0.4 is 0 Å². The van der Waals surface area contributed by atoms with E-state index in [-0.39, 0.29) is 17.4 Å². The molecule has 0 saturated heterocycles. The number of carboxylic acid groups (broad SMARTS) is 1. The van der Waals surface area contributed by atoms with Crippen LogP contribution in [0, 0.1) is 0 Å². The molecule has 1 heterocycles. The Labute approximate surface area is 84.6 Å². The van der Waals surface area contributed by atoms with Crippen LogP contribution in [0.5, 0.6) is 5.75 Å². The maximum Gasteiger partial charge on any atom is 0.373 e. The van der Waals surface area contributed by atoms with E-state index < -0.39 is 5.97 Å². The summed E-state index contributed by atoms with van der Waals surface area (Å²) in [5, 5.41) is 17.7. The van der Waals surface area contributed by atoms with E-state index in [4.69, 9.17) is 14.6 Å². The number of carbonyl (C=O) groups is 1. The summed E-state index contributed by atoms with van der Waals surface area (Å²) in [4.78, 5) is 14.3. The average molecular weight is 205 g/mol. The summed E-state index contributed by atoms with van der Waals surface area (Å²) in [5.41, 5.74) is 0.611. The molecule has 0 radical (unpaired) electrons. The summed E-state index contributed by atoms with van der Waals surface area (Å²) in [6.07, 6.45) is 1.14. The van der Waals surface area contributed by atoms with E-state index in [9.17, 15) is 4.79 Å². The second-order valence-corrected chi connectivity index (χ2v) is 2.88. The fourth-order valence-electron chi connectivity index (χ4n) is 1.11. The van der Waals surface area contributed by atoms with Gasteiger partial charge in [-0.25, -0.2) is 9.78 Å². The molecule has 2 N–H and O–H groups in total. The van der Waals surface area contributed by atoms with Gasteiger partial charge < -0.3 is 14.6 Å². The van der Waals surface area contributed by atoms with Crippen molar-refractivity contribution < 1.29 is 19.4 Å². The monoisotopic (exact) mass is 205 g/mol. The van der Waals surface area contributed by atoms with E-state index >= 15 is 0 Å². The quantitative estimate of drug-likeness (QED) is 0.780. The molecule has 0 atom stereocenters. The van der Waals surface area contributed by atoms with E-state index in [1.807, 2.05) is 0 Å². The molecule has 2 rings (SSSR count). The number of carboxylic acids is 1. The van der Waals surface area contributed by atoms with Crippen LogP contribution in [0.1, 0.15) is 10.6 Å². The molecule has 0 spiro atoms. The number of benzene rings is 1. The Hall–Kier alpha value is -2.30. The van der Waals surface area contributed by atoms with Crippen molar-refractivity contribution in [3.63, 3.8) is 0 Å². The molecule has 76 valence electrons. The first-order valence-corrected chi connectivity index (χ1v) is 4.15. The SMILES string of the molecule is O=C(O)c1cnc(-c2ccc(O)cc2)o1. The highest BCUT2D eigenvalue weighted by atomic mass is 16.4. The van der Waals surface area contributed by atoms with Crippen LogP contribution in [0.4, 0.5) is 0 Å². The third kappa shape index (κ3) is 1.80. The van der Waals surface area contributed by atoms with Crippen LogP contribution in [-0.2, 0) is 0 Å². The summed E-state index contributed by atoms with van der Waals surface area (Å²) in [5.74, 6) is -1.03. The van der Waals surface area contributed by atoms with Crippen LogP contribution in [0.2, 0.25) is 0 Å². The van der Waals surface area contributed by atoms with Crippen molar-refractivity contribution in [1.29, 1.82) is 0 Å². The minimum absolute atomic E-state index is 0.128. The van der Waals surface area contributed by atoms with Crippen LogP contribution in [0.3, 0.4) is 0 Å². The highest BCUT2D eigenvalue weighted by Crippen LogP contribution is 2.21. The predicted molar refractivity (Wildman–Crippen MR) is 50.6 cm³/mol. The van der Waals surface area contributed by atoms with Crippen LogP contribution >= 0.6 is 0 Å². The first-order valence-electron chi connectivity index (χ1n) is 4.15. The van der Waals surface area contributed by atoms with Crippen molar-refractivity contribution in [2.24, 2.45) is 0 Å². The van der Waals surface area contributed by atoms with Gasteiger partial charge in [-0.15, -0.1) is 0 Å². The number of nitrogens with zero attached hydrogens (tertiary/aromatic N) is 1. The van der Waals surface area contributed by atoms with Gasteiger partial charge in [-0.05, 0) is 24.3 Å². The maximum absolute atomic E-state index is 10.5. The summed E-state index contributed by atoms with van der Waals surface area (Å²) >= 11 is 0. The highest BCUT2D eigenvalue weighted by molar-refractivity contribution is 5.84. The molecule has 5 heteroatoms. The van der Waals surface area contributed by atoms with Crippen molar-refractivity contribution >= 4 is 5.97 Å². The van der Waals surface area contributed by atoms with E-state index in [1.165, 1.54) is 12.1 Å². The number of phenolic OH excluding ortho intramolecular Hbond substituents is 1. The molecule has 0 aliphatic heterocycles. The van der Waals surface area contributed by atoms with Gasteiger partial charge in [0.1, 0.15) is 5.75 Å². The van der Waals surface area contributed by atoms with Gasteiger partial charge in [0.25, 0.3) is 0 Å². The Morgan fingerprint density at radius 3 is 2.47 bits per heavy atom. The molecule has 2 aromatic rings. The second-order valence-electron chi connectivity index (χ2n) is 2.88. The predicted octanol–water partition coefficient (Wildman–Crippen LogP) is 1.75. The minimum atomic E-state index is -1.16. The average Bonchev–Trinajstić information content (AvgIpc) is 2.68. The molecule has 0 aliphatic carbocycles. The second kappa shape index (κ2) is 3.45. The molecular formula is C10H7NO4. The lowest BCUT2D eigenvalue weighted by molar-refractivity contribution is 0.0663. The molecule has 1 aromatic heterocycles. The first kappa shape index (κ1) is 9.26. The van der Waals surface area contributed by atoms with E-state index in [0.29, 0.717) is 5.56 Å². The van der Waals surface area contributed by atoms with Gasteiger partial charge in [-0.3, -0.25) is 0 Å². The van der Waals surface area contributed by atoms with Crippen molar-refractivity contribution in [2.75, 3.05) is 0 Å². The number of phenols is 1. The number of hydrogen-bond acceptors (Lipinski definition) is 4. The Bertz CT molecular complexity index is 486. The molecule has 0 bridgehead atoms. The normalized spacial score (nSPS) is 10.1. The van der Waals surface area contributed by atoms with Gasteiger partial charge in [0.15, 0.2) is 0 Å². The van der Waals surface area contributed by atoms with Gasteiger partial charge in [-0.1, -0.05) is 0 Å². The van der Waals surface area contributed by atoms with Crippen LogP contribution in [0.25, 0.3) is 11.5 Å². The molecule has 0 fully saturated rings. The molecule has 15 heavy (non-hydrogen) atoms. The smallest absolute Gasteiger partial charge is 0.373 e. The van der Waals surface area contributed by atoms with Crippen LogP contribution in [0.15, 0.2) is 34.9 Å². The van der Waals surface area contributed by atoms with Gasteiger partial charge in [-0.2, -0.15) is 0 Å². The Balaban J connectivity index is 2.37. The van der Waals surface area contributed by atoms with Crippen molar-refractivity contribution in [2.45, 2.75) is 0 Å². The lowest BCUT2D eigenvalue weighted by Gasteiger charge is -1.94. The summed E-state index contributed by atoms with van der Waals surface area (Å²) in [6, 6.07) is 6.12. The molecule has 0 amide bonds. The van der Waals surface area contributed by atoms with E-state index in [1.54, 1.807) is 12.1 Å². The first-order chi connectivity index (χ1) is 7.16. The maximum atomic E-state index is 10.5. The number of aromatic carboxylic acids is 1. The molecule has 1 aromatic carbocycles. The zero-order valence-corrected chi connectivity index (χ0v) is 7.54. The van der Waals surface area contributed by atoms with Crippen LogP contribution in [-0.4, -0.2) is 21.2 Å². The lowest BCUT2D eigenvalue weighted by atomic mass is 10.2. The Morgan fingerprint density at radius 1 is 1.27 bits per heavy atom. The fourth-order valence-corrected chi connectivity index (χ4v) is 1.11. The number of oxazole rings is 1. The lowest BCUT2D eigenvalue weighted by Crippen LogP contribution is -1.91. The molecule has 0 unspecified atom stereocenters.